The first-order valence-corrected chi connectivity index (χ1v) is 19.3. The quantitative estimate of drug-likeness (QED) is 0.112. The fourth-order valence-electron chi connectivity index (χ4n) is 6.54. The summed E-state index contributed by atoms with van der Waals surface area (Å²) in [6.07, 6.45) is 0. The van der Waals surface area contributed by atoms with Gasteiger partial charge in [0, 0.05) is 21.9 Å². The van der Waals surface area contributed by atoms with Gasteiger partial charge in [-0.05, 0) is 68.8 Å². The molecule has 6 heteroatoms. The monoisotopic (exact) mass is 702 g/mol. The molecule has 0 aliphatic rings. The van der Waals surface area contributed by atoms with Crippen molar-refractivity contribution >= 4 is 39.6 Å². The first-order valence-electron chi connectivity index (χ1n) is 17.6. The molecule has 0 aliphatic carbocycles. The molecule has 0 bridgehead atoms. The normalized spacial score (nSPS) is 12.2. The zero-order valence-electron chi connectivity index (χ0n) is 30.3. The molecule has 6 rings (SSSR count). The molecule has 0 saturated heterocycles. The van der Waals surface area contributed by atoms with E-state index in [2.05, 4.69) is 165 Å². The summed E-state index contributed by atoms with van der Waals surface area (Å²) in [7, 11) is -0.484. The van der Waals surface area contributed by atoms with Crippen LogP contribution in [0.1, 0.15) is 101 Å². The van der Waals surface area contributed by atoms with E-state index in [9.17, 15) is 0 Å². The van der Waals surface area contributed by atoms with Crippen molar-refractivity contribution in [2.45, 2.75) is 79.1 Å². The van der Waals surface area contributed by atoms with Gasteiger partial charge in [0.15, 0.2) is 0 Å². The summed E-state index contributed by atoms with van der Waals surface area (Å²) in [6.45, 7) is 17.6. The highest BCUT2D eigenvalue weighted by Crippen LogP contribution is 2.48. The highest BCUT2D eigenvalue weighted by atomic mass is 31.1. The second-order valence-electron chi connectivity index (χ2n) is 14.1. The molecule has 2 unspecified atom stereocenters. The summed E-state index contributed by atoms with van der Waals surface area (Å²) in [5, 5.41) is 4.24. The fourth-order valence-corrected chi connectivity index (χ4v) is 7.87. The Balaban J connectivity index is 1.40. The van der Waals surface area contributed by atoms with Gasteiger partial charge in [-0.3, -0.25) is 0 Å². The summed E-state index contributed by atoms with van der Waals surface area (Å²) in [5.74, 6) is 4.69. The first-order chi connectivity index (χ1) is 24.2. The zero-order chi connectivity index (χ0) is 35.4. The van der Waals surface area contributed by atoms with Gasteiger partial charge >= 0.3 is 0 Å². The van der Waals surface area contributed by atoms with E-state index in [4.69, 9.17) is 18.1 Å². The molecule has 4 nitrogen and oxygen atoms in total. The maximum Gasteiger partial charge on any atom is 0.275 e. The summed E-state index contributed by atoms with van der Waals surface area (Å²) in [4.78, 5) is 0. The number of fused-ring (bicyclic) bond motifs is 2. The molecular weight excluding hydrogens is 654 g/mol. The molecule has 0 N–H and O–H groups in total. The molecular formula is C44H48O4P2. The summed E-state index contributed by atoms with van der Waals surface area (Å²) in [6, 6.07) is 38.1. The van der Waals surface area contributed by atoms with Crippen LogP contribution in [0, 0.1) is 0 Å². The Morgan fingerprint density at radius 1 is 0.340 bits per heavy atom. The van der Waals surface area contributed by atoms with Crippen LogP contribution in [0.3, 0.4) is 0 Å². The lowest BCUT2D eigenvalue weighted by Gasteiger charge is -2.22. The molecule has 0 fully saturated rings. The van der Waals surface area contributed by atoms with Crippen LogP contribution >= 0.6 is 18.1 Å². The first kappa shape index (κ1) is 35.7. The van der Waals surface area contributed by atoms with Crippen molar-refractivity contribution < 1.29 is 18.1 Å². The van der Waals surface area contributed by atoms with E-state index in [1.165, 1.54) is 22.3 Å². The summed E-state index contributed by atoms with van der Waals surface area (Å²) in [5.41, 5.74) is 6.65. The van der Waals surface area contributed by atoms with Gasteiger partial charge in [0.05, 0.1) is 0 Å². The molecule has 0 saturated carbocycles. The molecule has 0 heterocycles. The van der Waals surface area contributed by atoms with Gasteiger partial charge in [0.2, 0.25) is 0 Å². The average Bonchev–Trinajstić information content (AvgIpc) is 3.11. The predicted molar refractivity (Wildman–Crippen MR) is 215 cm³/mol. The number of rotatable bonds is 13. The van der Waals surface area contributed by atoms with E-state index >= 15 is 0 Å². The third kappa shape index (κ3) is 7.48. The van der Waals surface area contributed by atoms with Gasteiger partial charge in [0.1, 0.15) is 23.0 Å². The second kappa shape index (κ2) is 15.8. The lowest BCUT2D eigenvalue weighted by atomic mass is 9.94. The molecule has 0 spiro atoms. The standard InChI is InChI=1S/C44H48O4P2/c1-27(2)33-19-13-20-34(28(3)4)41(33)45-49-47-43-37-17-11-9-15-31(37)23-25-39(43)40-26-24-32-16-10-12-18-38(32)44(40)48-50-46-42-35(29(5)6)21-14-22-36(42)30(7)8/h9-30,49-50H,1-8H3. The molecule has 6 aromatic carbocycles. The van der Waals surface area contributed by atoms with Crippen molar-refractivity contribution in [1.82, 2.24) is 0 Å². The SMILES string of the molecule is CC(C)c1cccc(C(C)C)c1OPOc1c(-c2ccc3ccccc3c2OPOc2c(C(C)C)cccc2C(C)C)ccc2ccccc12. The van der Waals surface area contributed by atoms with Crippen LogP contribution in [0.15, 0.2) is 109 Å². The molecule has 0 radical (unpaired) electrons. The van der Waals surface area contributed by atoms with Crippen LogP contribution in [0.4, 0.5) is 0 Å². The number of para-hydroxylation sites is 2. The molecule has 258 valence electrons. The highest BCUT2D eigenvalue weighted by Gasteiger charge is 2.21. The smallest absolute Gasteiger partial charge is 0.275 e. The van der Waals surface area contributed by atoms with E-state index in [0.717, 1.165) is 55.7 Å². The van der Waals surface area contributed by atoms with Crippen LogP contribution in [-0.2, 0) is 0 Å². The van der Waals surface area contributed by atoms with E-state index in [1.54, 1.807) is 0 Å². The second-order valence-corrected chi connectivity index (χ2v) is 15.2. The maximum absolute atomic E-state index is 6.72. The third-order valence-corrected chi connectivity index (χ3v) is 10.4. The van der Waals surface area contributed by atoms with E-state index in [1.807, 2.05) is 0 Å². The van der Waals surface area contributed by atoms with Gasteiger partial charge in [-0.1, -0.05) is 152 Å². The van der Waals surface area contributed by atoms with Gasteiger partial charge in [-0.15, -0.1) is 0 Å². The van der Waals surface area contributed by atoms with Crippen molar-refractivity contribution in [2.24, 2.45) is 0 Å². The van der Waals surface area contributed by atoms with E-state index in [0.29, 0.717) is 23.7 Å². The Kier molecular flexibility index (Phi) is 11.3. The van der Waals surface area contributed by atoms with Crippen molar-refractivity contribution in [3.8, 4) is 34.1 Å². The van der Waals surface area contributed by atoms with Crippen molar-refractivity contribution in [3.05, 3.63) is 131 Å². The lowest BCUT2D eigenvalue weighted by molar-refractivity contribution is 0.502. The van der Waals surface area contributed by atoms with Crippen LogP contribution in [0.25, 0.3) is 32.7 Å². The number of benzene rings is 6. The highest BCUT2D eigenvalue weighted by molar-refractivity contribution is 7.27. The number of hydrogen-bond acceptors (Lipinski definition) is 4. The lowest BCUT2D eigenvalue weighted by Crippen LogP contribution is -2.00. The van der Waals surface area contributed by atoms with Crippen molar-refractivity contribution in [3.63, 3.8) is 0 Å². The van der Waals surface area contributed by atoms with Crippen LogP contribution in [0.2, 0.25) is 0 Å². The van der Waals surface area contributed by atoms with Gasteiger partial charge in [-0.25, -0.2) is 0 Å². The minimum absolute atomic E-state index is 0.242. The van der Waals surface area contributed by atoms with Crippen LogP contribution < -0.4 is 18.1 Å². The minimum atomic E-state index is -0.242. The molecule has 0 aromatic heterocycles. The van der Waals surface area contributed by atoms with Crippen LogP contribution in [-0.4, -0.2) is 0 Å². The van der Waals surface area contributed by atoms with Gasteiger partial charge < -0.3 is 18.1 Å². The molecule has 6 aromatic rings. The molecule has 50 heavy (non-hydrogen) atoms. The topological polar surface area (TPSA) is 36.9 Å². The maximum atomic E-state index is 6.72. The van der Waals surface area contributed by atoms with Gasteiger partial charge in [0.25, 0.3) is 18.1 Å². The number of hydrogen-bond donors (Lipinski definition) is 0. The Labute approximate surface area is 301 Å². The van der Waals surface area contributed by atoms with Gasteiger partial charge in [-0.2, -0.15) is 0 Å². The average molecular weight is 703 g/mol. The zero-order valence-corrected chi connectivity index (χ0v) is 32.3. The Morgan fingerprint density at radius 2 is 0.660 bits per heavy atom. The van der Waals surface area contributed by atoms with Crippen molar-refractivity contribution in [1.29, 1.82) is 0 Å². The van der Waals surface area contributed by atoms with Crippen molar-refractivity contribution in [2.75, 3.05) is 0 Å². The van der Waals surface area contributed by atoms with E-state index < -0.39 is 0 Å². The Bertz CT molecular complexity index is 1900. The molecule has 2 atom stereocenters. The minimum Gasteiger partial charge on any atom is -0.440 e. The predicted octanol–water partition coefficient (Wildman–Crippen LogP) is 14.1. The summed E-state index contributed by atoms with van der Waals surface area (Å²) < 4.78 is 26.6. The molecule has 0 aliphatic heterocycles. The Morgan fingerprint density at radius 3 is 1.00 bits per heavy atom. The largest absolute Gasteiger partial charge is 0.440 e. The summed E-state index contributed by atoms with van der Waals surface area (Å²) >= 11 is 0. The Hall–Kier alpha value is -4.10. The fraction of sp³-hybridized carbons (Fsp3) is 0.273. The molecule has 0 amide bonds. The van der Waals surface area contributed by atoms with Crippen LogP contribution in [0.5, 0.6) is 23.0 Å². The van der Waals surface area contributed by atoms with E-state index in [-0.39, 0.29) is 18.1 Å². The third-order valence-electron chi connectivity index (χ3n) is 9.26.